The summed E-state index contributed by atoms with van der Waals surface area (Å²) < 4.78 is 6.21. The van der Waals surface area contributed by atoms with Crippen LogP contribution in [0, 0.1) is 18.8 Å². The Kier molecular flexibility index (Phi) is 3.59. The van der Waals surface area contributed by atoms with Crippen molar-refractivity contribution < 1.29 is 9.84 Å². The quantitative estimate of drug-likeness (QED) is 0.777. The minimum Gasteiger partial charge on any atom is -0.490 e. The van der Waals surface area contributed by atoms with E-state index in [0.717, 1.165) is 30.6 Å². The van der Waals surface area contributed by atoms with Crippen LogP contribution in [0.1, 0.15) is 50.3 Å². The van der Waals surface area contributed by atoms with Crippen molar-refractivity contribution in [3.05, 3.63) is 41.0 Å². The van der Waals surface area contributed by atoms with Gasteiger partial charge in [0.1, 0.15) is 11.9 Å². The highest BCUT2D eigenvalue weighted by atomic mass is 16.5. The average Bonchev–Trinajstić information content (AvgIpc) is 2.38. The molecule has 2 aliphatic rings. The minimum absolute atomic E-state index is 0.145. The third-order valence-corrected chi connectivity index (χ3v) is 4.61. The van der Waals surface area contributed by atoms with E-state index in [-0.39, 0.29) is 12.2 Å². The molecule has 108 valence electrons. The van der Waals surface area contributed by atoms with E-state index in [0.29, 0.717) is 11.8 Å². The molecule has 2 nitrogen and oxygen atoms in total. The highest BCUT2D eigenvalue weighted by Gasteiger charge is 2.34. The van der Waals surface area contributed by atoms with Gasteiger partial charge in [0.05, 0.1) is 6.10 Å². The van der Waals surface area contributed by atoms with Crippen LogP contribution >= 0.6 is 0 Å². The number of hydrogen-bond acceptors (Lipinski definition) is 2. The van der Waals surface area contributed by atoms with Crippen LogP contribution in [-0.2, 0) is 0 Å². The molecular weight excluding hydrogens is 248 g/mol. The molecule has 0 saturated heterocycles. The van der Waals surface area contributed by atoms with Gasteiger partial charge in [-0.2, -0.15) is 0 Å². The fourth-order valence-electron chi connectivity index (χ4n) is 3.76. The molecule has 3 rings (SSSR count). The molecule has 1 heterocycles. The Morgan fingerprint density at radius 3 is 2.75 bits per heavy atom. The van der Waals surface area contributed by atoms with E-state index in [1.54, 1.807) is 0 Å². The molecule has 0 fully saturated rings. The summed E-state index contributed by atoms with van der Waals surface area (Å²) in [5, 5.41) is 10.4. The SMILES string of the molecule is CC1=CC(C)CC(C2C[C@H](O)c3cc(C)ccc3O2)C1. The molecule has 0 spiro atoms. The second kappa shape index (κ2) is 5.25. The van der Waals surface area contributed by atoms with Crippen molar-refractivity contribution in [3.8, 4) is 5.75 Å². The molecule has 2 heteroatoms. The predicted octanol–water partition coefficient (Wildman–Crippen LogP) is 4.17. The van der Waals surface area contributed by atoms with Crippen molar-refractivity contribution in [2.75, 3.05) is 0 Å². The van der Waals surface area contributed by atoms with Gasteiger partial charge in [0.15, 0.2) is 0 Å². The molecule has 20 heavy (non-hydrogen) atoms. The lowest BCUT2D eigenvalue weighted by Gasteiger charge is -2.37. The number of ether oxygens (including phenoxy) is 1. The van der Waals surface area contributed by atoms with Crippen LogP contribution in [-0.4, -0.2) is 11.2 Å². The highest BCUT2D eigenvalue weighted by molar-refractivity contribution is 5.40. The van der Waals surface area contributed by atoms with Crippen LogP contribution in [0.3, 0.4) is 0 Å². The van der Waals surface area contributed by atoms with Crippen molar-refractivity contribution in [3.63, 3.8) is 0 Å². The van der Waals surface area contributed by atoms with E-state index >= 15 is 0 Å². The van der Waals surface area contributed by atoms with Gasteiger partial charge in [0, 0.05) is 17.9 Å². The molecule has 1 aliphatic heterocycles. The highest BCUT2D eigenvalue weighted by Crippen LogP contribution is 2.41. The predicted molar refractivity (Wildman–Crippen MR) is 80.8 cm³/mol. The van der Waals surface area contributed by atoms with Gasteiger partial charge in [-0.25, -0.2) is 0 Å². The number of rotatable bonds is 1. The van der Waals surface area contributed by atoms with Crippen LogP contribution in [0.4, 0.5) is 0 Å². The molecule has 0 radical (unpaired) electrons. The first-order valence-corrected chi connectivity index (χ1v) is 7.65. The number of aliphatic hydroxyl groups excluding tert-OH is 1. The molecule has 1 aliphatic carbocycles. The summed E-state index contributed by atoms with van der Waals surface area (Å²) in [6.45, 7) is 6.53. The summed E-state index contributed by atoms with van der Waals surface area (Å²) in [5.41, 5.74) is 3.59. The first-order chi connectivity index (χ1) is 9.52. The summed E-state index contributed by atoms with van der Waals surface area (Å²) in [7, 11) is 0. The zero-order valence-electron chi connectivity index (χ0n) is 12.6. The molecule has 3 unspecified atom stereocenters. The lowest BCUT2D eigenvalue weighted by molar-refractivity contribution is 0.0273. The third kappa shape index (κ3) is 2.62. The number of fused-ring (bicyclic) bond motifs is 1. The minimum atomic E-state index is -0.384. The number of aliphatic hydroxyl groups is 1. The average molecular weight is 272 g/mol. The van der Waals surface area contributed by atoms with Crippen molar-refractivity contribution in [1.82, 2.24) is 0 Å². The molecule has 1 aromatic carbocycles. The molecule has 4 atom stereocenters. The number of allylic oxidation sites excluding steroid dienone is 2. The van der Waals surface area contributed by atoms with E-state index in [2.05, 4.69) is 32.9 Å². The number of aryl methyl sites for hydroxylation is 1. The maximum Gasteiger partial charge on any atom is 0.125 e. The Balaban J connectivity index is 1.81. The number of hydrogen-bond donors (Lipinski definition) is 1. The monoisotopic (exact) mass is 272 g/mol. The second-order valence-electron chi connectivity index (χ2n) is 6.64. The van der Waals surface area contributed by atoms with Crippen LogP contribution in [0.5, 0.6) is 5.75 Å². The fourth-order valence-corrected chi connectivity index (χ4v) is 3.76. The Bertz CT molecular complexity index is 532. The van der Waals surface area contributed by atoms with Crippen molar-refractivity contribution in [1.29, 1.82) is 0 Å². The second-order valence-corrected chi connectivity index (χ2v) is 6.64. The maximum absolute atomic E-state index is 10.4. The summed E-state index contributed by atoms with van der Waals surface area (Å²) in [6.07, 6.45) is 5.11. The summed E-state index contributed by atoms with van der Waals surface area (Å²) in [5.74, 6) is 2.02. The third-order valence-electron chi connectivity index (χ3n) is 4.61. The molecule has 1 N–H and O–H groups in total. The van der Waals surface area contributed by atoms with Gasteiger partial charge in [-0.15, -0.1) is 0 Å². The van der Waals surface area contributed by atoms with E-state index in [9.17, 15) is 5.11 Å². The normalized spacial score (nSPS) is 33.1. The zero-order chi connectivity index (χ0) is 14.3. The standard InChI is InChI=1S/C18H24O2/c1-11-4-5-17-15(9-11)16(19)10-18(20-17)14-7-12(2)6-13(3)8-14/h4-6,9,12,14,16,18-19H,7-8,10H2,1-3H3/t12?,14?,16-,18?/m0/s1. The Hall–Kier alpha value is -1.28. The van der Waals surface area contributed by atoms with Crippen molar-refractivity contribution in [2.24, 2.45) is 11.8 Å². The molecule has 1 aromatic rings. The first kappa shape index (κ1) is 13.7. The first-order valence-electron chi connectivity index (χ1n) is 7.65. The van der Waals surface area contributed by atoms with E-state index in [4.69, 9.17) is 4.74 Å². The van der Waals surface area contributed by atoms with Crippen LogP contribution < -0.4 is 4.74 Å². The lowest BCUT2D eigenvalue weighted by Crippen LogP contribution is -2.35. The van der Waals surface area contributed by atoms with Crippen LogP contribution in [0.25, 0.3) is 0 Å². The molecular formula is C18H24O2. The van der Waals surface area contributed by atoms with Crippen LogP contribution in [0.15, 0.2) is 29.8 Å². The van der Waals surface area contributed by atoms with E-state index in [1.165, 1.54) is 11.1 Å². The molecule has 0 aromatic heterocycles. The molecule has 0 bridgehead atoms. The van der Waals surface area contributed by atoms with Gasteiger partial charge in [0.2, 0.25) is 0 Å². The van der Waals surface area contributed by atoms with E-state index < -0.39 is 0 Å². The van der Waals surface area contributed by atoms with Gasteiger partial charge >= 0.3 is 0 Å². The van der Waals surface area contributed by atoms with Gasteiger partial charge < -0.3 is 9.84 Å². The Labute approximate surface area is 121 Å². The smallest absolute Gasteiger partial charge is 0.125 e. The zero-order valence-corrected chi connectivity index (χ0v) is 12.6. The van der Waals surface area contributed by atoms with Crippen molar-refractivity contribution in [2.45, 2.75) is 52.2 Å². The van der Waals surface area contributed by atoms with Gasteiger partial charge in [-0.05, 0) is 44.7 Å². The van der Waals surface area contributed by atoms with Crippen LogP contribution in [0.2, 0.25) is 0 Å². The van der Waals surface area contributed by atoms with Gasteiger partial charge in [-0.1, -0.05) is 30.2 Å². The summed E-state index contributed by atoms with van der Waals surface area (Å²) in [6, 6.07) is 6.11. The summed E-state index contributed by atoms with van der Waals surface area (Å²) >= 11 is 0. The lowest BCUT2D eigenvalue weighted by atomic mass is 9.78. The van der Waals surface area contributed by atoms with E-state index in [1.807, 2.05) is 12.1 Å². The van der Waals surface area contributed by atoms with Gasteiger partial charge in [-0.3, -0.25) is 0 Å². The number of benzene rings is 1. The van der Waals surface area contributed by atoms with Crippen molar-refractivity contribution >= 4 is 0 Å². The topological polar surface area (TPSA) is 29.5 Å². The Morgan fingerprint density at radius 2 is 2.00 bits per heavy atom. The largest absolute Gasteiger partial charge is 0.490 e. The fraction of sp³-hybridized carbons (Fsp3) is 0.556. The van der Waals surface area contributed by atoms with Gasteiger partial charge in [0.25, 0.3) is 0 Å². The molecule has 0 saturated carbocycles. The molecule has 0 amide bonds. The Morgan fingerprint density at radius 1 is 1.20 bits per heavy atom. The maximum atomic E-state index is 10.4. The summed E-state index contributed by atoms with van der Waals surface area (Å²) in [4.78, 5) is 0.